The van der Waals surface area contributed by atoms with Gasteiger partial charge in [-0.2, -0.15) is 22.7 Å². The van der Waals surface area contributed by atoms with Gasteiger partial charge in [0.05, 0.1) is 5.56 Å². The summed E-state index contributed by atoms with van der Waals surface area (Å²) in [7, 11) is 0. The fraction of sp³-hybridized carbons (Fsp3) is 0.0455. The first-order valence-electron chi connectivity index (χ1n) is 9.23. The van der Waals surface area contributed by atoms with Crippen LogP contribution in [0.5, 0.6) is 0 Å². The average molecular weight is 457 g/mol. The summed E-state index contributed by atoms with van der Waals surface area (Å²) in [6, 6.07) is 13.5. The van der Waals surface area contributed by atoms with Crippen LogP contribution < -0.4 is 10.1 Å². The summed E-state index contributed by atoms with van der Waals surface area (Å²) >= 11 is 1.09. The first kappa shape index (κ1) is 20.1. The first-order chi connectivity index (χ1) is 15.3. The molecule has 5 nitrogen and oxygen atoms in total. The van der Waals surface area contributed by atoms with E-state index in [4.69, 9.17) is 4.42 Å². The quantitative estimate of drug-likeness (QED) is 0.366. The van der Waals surface area contributed by atoms with Gasteiger partial charge in [0.15, 0.2) is 5.82 Å². The zero-order chi connectivity index (χ0) is 22.5. The van der Waals surface area contributed by atoms with Gasteiger partial charge in [-0.15, -0.1) is 5.10 Å². The zero-order valence-corrected chi connectivity index (χ0v) is 16.7. The van der Waals surface area contributed by atoms with E-state index in [1.807, 2.05) is 0 Å². The first-order valence-corrected chi connectivity index (χ1v) is 10.0. The molecule has 0 fully saturated rings. The Labute approximate surface area is 180 Å². The SMILES string of the molecule is O=c1/c(=C/c2ccc(-c3cccc(C(F)(F)F)c3)o2)sc2nc(-c3ccc(F)cc3)nn12. The lowest BCUT2D eigenvalue weighted by atomic mass is 10.1. The molecule has 0 aliphatic rings. The molecule has 0 amide bonds. The van der Waals surface area contributed by atoms with Crippen molar-refractivity contribution in [3.05, 3.63) is 92.7 Å². The van der Waals surface area contributed by atoms with Crippen LogP contribution in [-0.2, 0) is 6.18 Å². The molecule has 2 aromatic carbocycles. The van der Waals surface area contributed by atoms with Gasteiger partial charge in [0.2, 0.25) is 4.96 Å². The van der Waals surface area contributed by atoms with E-state index in [2.05, 4.69) is 10.1 Å². The maximum absolute atomic E-state index is 13.1. The Bertz CT molecular complexity index is 1550. The van der Waals surface area contributed by atoms with Crippen LogP contribution in [0.25, 0.3) is 33.7 Å². The Morgan fingerprint density at radius 2 is 1.78 bits per heavy atom. The van der Waals surface area contributed by atoms with Crippen molar-refractivity contribution in [2.24, 2.45) is 0 Å². The van der Waals surface area contributed by atoms with Gasteiger partial charge in [0.25, 0.3) is 5.56 Å². The Kier molecular flexibility index (Phi) is 4.66. The third-order valence-corrected chi connectivity index (χ3v) is 5.62. The third-order valence-electron chi connectivity index (χ3n) is 4.66. The number of benzene rings is 2. The minimum atomic E-state index is -4.46. The van der Waals surface area contributed by atoms with Gasteiger partial charge in [0.1, 0.15) is 21.9 Å². The van der Waals surface area contributed by atoms with E-state index < -0.39 is 17.3 Å². The number of alkyl halides is 3. The molecule has 0 N–H and O–H groups in total. The number of furan rings is 1. The highest BCUT2D eigenvalue weighted by Gasteiger charge is 2.30. The Morgan fingerprint density at radius 3 is 2.50 bits per heavy atom. The molecule has 3 aromatic heterocycles. The minimum absolute atomic E-state index is 0.243. The van der Waals surface area contributed by atoms with Crippen LogP contribution in [0.1, 0.15) is 11.3 Å². The van der Waals surface area contributed by atoms with E-state index in [9.17, 15) is 22.4 Å². The van der Waals surface area contributed by atoms with Crippen LogP contribution in [0.15, 0.2) is 69.9 Å². The lowest BCUT2D eigenvalue weighted by molar-refractivity contribution is -0.137. The second-order valence-electron chi connectivity index (χ2n) is 6.83. The molecule has 0 saturated heterocycles. The Hall–Kier alpha value is -3.79. The maximum atomic E-state index is 13.1. The number of hydrogen-bond donors (Lipinski definition) is 0. The maximum Gasteiger partial charge on any atom is 0.416 e. The summed E-state index contributed by atoms with van der Waals surface area (Å²) < 4.78 is 59.0. The van der Waals surface area contributed by atoms with Crippen molar-refractivity contribution in [2.45, 2.75) is 6.18 Å². The van der Waals surface area contributed by atoms with E-state index in [1.165, 1.54) is 48.5 Å². The fourth-order valence-corrected chi connectivity index (χ4v) is 4.01. The predicted octanol–water partition coefficient (Wildman–Crippen LogP) is 4.78. The summed E-state index contributed by atoms with van der Waals surface area (Å²) in [4.78, 5) is 17.3. The van der Waals surface area contributed by atoms with Crippen molar-refractivity contribution in [1.82, 2.24) is 14.6 Å². The minimum Gasteiger partial charge on any atom is -0.457 e. The number of rotatable bonds is 3. The highest BCUT2D eigenvalue weighted by Crippen LogP contribution is 2.32. The van der Waals surface area contributed by atoms with Crippen molar-refractivity contribution in [3.63, 3.8) is 0 Å². The molecule has 0 radical (unpaired) electrons. The fourth-order valence-electron chi connectivity index (χ4n) is 3.12. The number of nitrogens with zero attached hydrogens (tertiary/aromatic N) is 3. The smallest absolute Gasteiger partial charge is 0.416 e. The summed E-state index contributed by atoms with van der Waals surface area (Å²) in [6.45, 7) is 0. The number of hydrogen-bond acceptors (Lipinski definition) is 5. The van der Waals surface area contributed by atoms with Crippen molar-refractivity contribution in [2.75, 3.05) is 0 Å². The lowest BCUT2D eigenvalue weighted by Gasteiger charge is -2.07. The standard InChI is InChI=1S/C22H11F4N3O2S/c23-15-6-4-12(5-7-15)19-27-21-29(28-19)20(30)18(32-21)11-16-8-9-17(31-16)13-2-1-3-14(10-13)22(24,25)26/h1-11H/b18-11-. The van der Waals surface area contributed by atoms with Gasteiger partial charge in [-0.05, 0) is 48.5 Å². The predicted molar refractivity (Wildman–Crippen MR) is 110 cm³/mol. The Morgan fingerprint density at radius 1 is 1.00 bits per heavy atom. The molecular formula is C22H11F4N3O2S. The second-order valence-corrected chi connectivity index (χ2v) is 7.84. The number of halogens is 4. The van der Waals surface area contributed by atoms with Crippen LogP contribution >= 0.6 is 11.3 Å². The molecule has 0 saturated carbocycles. The number of thiazole rings is 1. The van der Waals surface area contributed by atoms with Crippen molar-refractivity contribution >= 4 is 22.4 Å². The summed E-state index contributed by atoms with van der Waals surface area (Å²) in [5, 5.41) is 4.18. The van der Waals surface area contributed by atoms with Gasteiger partial charge < -0.3 is 4.42 Å². The summed E-state index contributed by atoms with van der Waals surface area (Å²) in [6.07, 6.45) is -2.97. The molecule has 0 unspecified atom stereocenters. The van der Waals surface area contributed by atoms with E-state index >= 15 is 0 Å². The van der Waals surface area contributed by atoms with Crippen LogP contribution in [0.3, 0.4) is 0 Å². The van der Waals surface area contributed by atoms with Gasteiger partial charge in [0, 0.05) is 17.2 Å². The van der Waals surface area contributed by atoms with Crippen LogP contribution in [0.2, 0.25) is 0 Å². The van der Waals surface area contributed by atoms with Crippen LogP contribution in [-0.4, -0.2) is 14.6 Å². The van der Waals surface area contributed by atoms with Gasteiger partial charge in [-0.1, -0.05) is 23.5 Å². The van der Waals surface area contributed by atoms with E-state index in [0.29, 0.717) is 26.6 Å². The van der Waals surface area contributed by atoms with E-state index in [-0.39, 0.29) is 17.1 Å². The molecule has 0 aliphatic carbocycles. The summed E-state index contributed by atoms with van der Waals surface area (Å²) in [5.74, 6) is 0.453. The van der Waals surface area contributed by atoms with Crippen molar-refractivity contribution in [3.8, 4) is 22.7 Å². The van der Waals surface area contributed by atoms with Crippen molar-refractivity contribution < 1.29 is 22.0 Å². The van der Waals surface area contributed by atoms with E-state index in [0.717, 1.165) is 28.0 Å². The monoisotopic (exact) mass is 457 g/mol. The molecule has 32 heavy (non-hydrogen) atoms. The van der Waals surface area contributed by atoms with Gasteiger partial charge in [-0.3, -0.25) is 4.79 Å². The average Bonchev–Trinajstić information content (AvgIpc) is 3.46. The second kappa shape index (κ2) is 7.41. The number of aromatic nitrogens is 3. The molecule has 5 aromatic rings. The topological polar surface area (TPSA) is 60.4 Å². The van der Waals surface area contributed by atoms with Crippen LogP contribution in [0.4, 0.5) is 17.6 Å². The summed E-state index contributed by atoms with van der Waals surface area (Å²) in [5.41, 5.74) is -0.346. The van der Waals surface area contributed by atoms with Crippen LogP contribution in [0, 0.1) is 5.82 Å². The molecule has 0 atom stereocenters. The molecule has 160 valence electrons. The molecule has 0 bridgehead atoms. The van der Waals surface area contributed by atoms with Gasteiger partial charge in [-0.25, -0.2) is 4.39 Å². The largest absolute Gasteiger partial charge is 0.457 e. The number of fused-ring (bicyclic) bond motifs is 1. The molecule has 3 heterocycles. The molecular weight excluding hydrogens is 446 g/mol. The zero-order valence-electron chi connectivity index (χ0n) is 15.9. The van der Waals surface area contributed by atoms with E-state index in [1.54, 1.807) is 6.07 Å². The molecule has 0 aliphatic heterocycles. The highest BCUT2D eigenvalue weighted by molar-refractivity contribution is 7.15. The van der Waals surface area contributed by atoms with Gasteiger partial charge >= 0.3 is 6.18 Å². The van der Waals surface area contributed by atoms with Crippen molar-refractivity contribution in [1.29, 1.82) is 0 Å². The molecule has 5 rings (SSSR count). The Balaban J connectivity index is 1.48. The molecule has 10 heteroatoms. The highest BCUT2D eigenvalue weighted by atomic mass is 32.1. The lowest BCUT2D eigenvalue weighted by Crippen LogP contribution is -2.23. The normalized spacial score (nSPS) is 12.7. The third kappa shape index (κ3) is 3.69. The molecule has 0 spiro atoms.